The van der Waals surface area contributed by atoms with Crippen molar-refractivity contribution < 1.29 is 14.6 Å². The van der Waals surface area contributed by atoms with Gasteiger partial charge in [0.25, 0.3) is 0 Å². The highest BCUT2D eigenvalue weighted by Crippen LogP contribution is 2.44. The number of benzene rings is 1. The fourth-order valence-electron chi connectivity index (χ4n) is 1.40. The Labute approximate surface area is 97.1 Å². The van der Waals surface area contributed by atoms with Gasteiger partial charge in [-0.1, -0.05) is 0 Å². The summed E-state index contributed by atoms with van der Waals surface area (Å²) in [6, 6.07) is 1.19. The van der Waals surface area contributed by atoms with Crippen LogP contribution < -0.4 is 15.2 Å². The molecule has 0 amide bonds. The number of phenolic OH excluding ortho intramolecular Hbond substituents is 1. The lowest BCUT2D eigenvalue weighted by Gasteiger charge is -2.17. The van der Waals surface area contributed by atoms with Gasteiger partial charge in [-0.05, 0) is 22.9 Å². The Kier molecular flexibility index (Phi) is 3.82. The zero-order chi connectivity index (χ0) is 11.6. The van der Waals surface area contributed by atoms with Gasteiger partial charge in [0.05, 0.1) is 19.8 Å². The Morgan fingerprint density at radius 1 is 1.40 bits per heavy atom. The summed E-state index contributed by atoms with van der Waals surface area (Å²) in [5.41, 5.74) is 6.31. The highest BCUT2D eigenvalue weighted by molar-refractivity contribution is 9.10. The molecule has 1 rings (SSSR count). The minimum atomic E-state index is -0.317. The van der Waals surface area contributed by atoms with Crippen molar-refractivity contribution in [1.29, 1.82) is 0 Å². The van der Waals surface area contributed by atoms with E-state index >= 15 is 0 Å². The molecule has 1 aromatic rings. The molecule has 0 aromatic heterocycles. The predicted molar refractivity (Wildman–Crippen MR) is 61.5 cm³/mol. The lowest BCUT2D eigenvalue weighted by molar-refractivity contribution is 0.372. The van der Waals surface area contributed by atoms with E-state index in [1.54, 1.807) is 6.92 Å². The van der Waals surface area contributed by atoms with Crippen LogP contribution in [-0.2, 0) is 0 Å². The van der Waals surface area contributed by atoms with Gasteiger partial charge < -0.3 is 20.3 Å². The van der Waals surface area contributed by atoms with E-state index in [9.17, 15) is 5.11 Å². The van der Waals surface area contributed by atoms with Crippen LogP contribution in [0.3, 0.4) is 0 Å². The minimum Gasteiger partial charge on any atom is -0.507 e. The van der Waals surface area contributed by atoms with Gasteiger partial charge in [0.1, 0.15) is 21.7 Å². The second kappa shape index (κ2) is 4.72. The van der Waals surface area contributed by atoms with Crippen molar-refractivity contribution in [1.82, 2.24) is 0 Å². The van der Waals surface area contributed by atoms with Crippen molar-refractivity contribution in [3.8, 4) is 17.2 Å². The third kappa shape index (κ3) is 2.18. The second-order valence-corrected chi connectivity index (χ2v) is 3.94. The van der Waals surface area contributed by atoms with Crippen molar-refractivity contribution >= 4 is 15.9 Å². The molecule has 3 N–H and O–H groups in total. The Balaban J connectivity index is 3.46. The molecule has 84 valence electrons. The van der Waals surface area contributed by atoms with Crippen molar-refractivity contribution in [3.05, 3.63) is 16.1 Å². The molecular formula is C10H14BrNO3. The molecule has 5 heteroatoms. The van der Waals surface area contributed by atoms with Gasteiger partial charge in [-0.25, -0.2) is 0 Å². The number of rotatable bonds is 3. The molecule has 0 heterocycles. The van der Waals surface area contributed by atoms with Crippen LogP contribution >= 0.6 is 15.9 Å². The van der Waals surface area contributed by atoms with E-state index in [0.29, 0.717) is 21.5 Å². The summed E-state index contributed by atoms with van der Waals surface area (Å²) in [5.74, 6) is 1.08. The maximum atomic E-state index is 9.77. The Morgan fingerprint density at radius 3 is 2.40 bits per heavy atom. The number of aromatic hydroxyl groups is 1. The number of ether oxygens (including phenoxy) is 2. The number of nitrogens with two attached hydrogens (primary N) is 1. The molecule has 1 unspecified atom stereocenters. The summed E-state index contributed by atoms with van der Waals surface area (Å²) < 4.78 is 10.9. The van der Waals surface area contributed by atoms with Crippen molar-refractivity contribution in [2.75, 3.05) is 14.2 Å². The first kappa shape index (κ1) is 12.1. The van der Waals surface area contributed by atoms with Gasteiger partial charge in [0.2, 0.25) is 0 Å². The van der Waals surface area contributed by atoms with E-state index in [0.717, 1.165) is 0 Å². The molecule has 0 spiro atoms. The quantitative estimate of drug-likeness (QED) is 0.888. The van der Waals surface area contributed by atoms with E-state index in [2.05, 4.69) is 15.9 Å². The van der Waals surface area contributed by atoms with Gasteiger partial charge in [0, 0.05) is 12.1 Å². The molecule has 0 aliphatic carbocycles. The first-order chi connectivity index (χ1) is 7.02. The minimum absolute atomic E-state index is 0.0712. The summed E-state index contributed by atoms with van der Waals surface area (Å²) in [7, 11) is 3.04. The third-order valence-electron chi connectivity index (χ3n) is 2.08. The summed E-state index contributed by atoms with van der Waals surface area (Å²) in [6.07, 6.45) is 0. The monoisotopic (exact) mass is 275 g/mol. The normalized spacial score (nSPS) is 12.3. The van der Waals surface area contributed by atoms with E-state index < -0.39 is 0 Å². The molecule has 4 nitrogen and oxygen atoms in total. The van der Waals surface area contributed by atoms with Gasteiger partial charge in [-0.2, -0.15) is 0 Å². The number of phenols is 1. The number of hydrogen-bond acceptors (Lipinski definition) is 4. The van der Waals surface area contributed by atoms with Gasteiger partial charge in [-0.3, -0.25) is 0 Å². The number of hydrogen-bond donors (Lipinski definition) is 2. The fraction of sp³-hybridized carbons (Fsp3) is 0.400. The highest BCUT2D eigenvalue weighted by Gasteiger charge is 2.20. The Hall–Kier alpha value is -0.940. The molecule has 1 atom stereocenters. The zero-order valence-corrected chi connectivity index (χ0v) is 10.5. The molecule has 0 aliphatic rings. The molecular weight excluding hydrogens is 262 g/mol. The third-order valence-corrected chi connectivity index (χ3v) is 2.83. The van der Waals surface area contributed by atoms with Crippen molar-refractivity contribution in [3.63, 3.8) is 0 Å². The van der Waals surface area contributed by atoms with Crippen LogP contribution in [0, 0.1) is 0 Å². The Morgan fingerprint density at radius 2 is 2.00 bits per heavy atom. The van der Waals surface area contributed by atoms with Crippen LogP contribution in [0.25, 0.3) is 0 Å². The van der Waals surface area contributed by atoms with E-state index in [1.807, 2.05) is 0 Å². The zero-order valence-electron chi connectivity index (χ0n) is 8.87. The molecule has 0 radical (unpaired) electrons. The molecule has 0 saturated heterocycles. The number of methoxy groups -OCH3 is 2. The van der Waals surface area contributed by atoms with Crippen molar-refractivity contribution in [2.24, 2.45) is 5.73 Å². The largest absolute Gasteiger partial charge is 0.507 e. The lowest BCUT2D eigenvalue weighted by Crippen LogP contribution is -2.08. The fourth-order valence-corrected chi connectivity index (χ4v) is 2.05. The van der Waals surface area contributed by atoms with E-state index in [-0.39, 0.29) is 11.8 Å². The molecule has 1 aromatic carbocycles. The maximum absolute atomic E-state index is 9.77. The average molecular weight is 276 g/mol. The number of halogens is 1. The second-order valence-electron chi connectivity index (χ2n) is 3.15. The topological polar surface area (TPSA) is 64.7 Å². The highest BCUT2D eigenvalue weighted by atomic mass is 79.9. The molecule has 0 aliphatic heterocycles. The molecule has 0 saturated carbocycles. The SMILES string of the molecule is COc1cc(O)c(C(C)N)c(OC)c1Br. The smallest absolute Gasteiger partial charge is 0.145 e. The molecule has 0 fully saturated rings. The van der Waals surface area contributed by atoms with Crippen LogP contribution in [0.1, 0.15) is 18.5 Å². The molecule has 0 bridgehead atoms. The van der Waals surface area contributed by atoms with Crippen LogP contribution in [0.5, 0.6) is 17.2 Å². The Bertz CT molecular complexity index is 366. The standard InChI is InChI=1S/C10H14BrNO3/c1-5(12)8-6(13)4-7(14-2)9(11)10(8)15-3/h4-5,13H,12H2,1-3H3. The first-order valence-corrected chi connectivity index (χ1v) is 5.21. The van der Waals surface area contributed by atoms with Crippen molar-refractivity contribution in [2.45, 2.75) is 13.0 Å². The van der Waals surface area contributed by atoms with Crippen LogP contribution in [-0.4, -0.2) is 19.3 Å². The van der Waals surface area contributed by atoms with Gasteiger partial charge >= 0.3 is 0 Å². The van der Waals surface area contributed by atoms with Gasteiger partial charge in [0.15, 0.2) is 0 Å². The predicted octanol–water partition coefficient (Wildman–Crippen LogP) is 2.19. The van der Waals surface area contributed by atoms with E-state index in [4.69, 9.17) is 15.2 Å². The molecule has 15 heavy (non-hydrogen) atoms. The van der Waals surface area contributed by atoms with Crippen LogP contribution in [0.2, 0.25) is 0 Å². The summed E-state index contributed by atoms with van der Waals surface area (Å²) >= 11 is 3.34. The average Bonchev–Trinajstić information content (AvgIpc) is 2.19. The summed E-state index contributed by atoms with van der Waals surface area (Å²) in [4.78, 5) is 0. The van der Waals surface area contributed by atoms with Crippen LogP contribution in [0.15, 0.2) is 10.5 Å². The van der Waals surface area contributed by atoms with Crippen LogP contribution in [0.4, 0.5) is 0 Å². The van der Waals surface area contributed by atoms with E-state index in [1.165, 1.54) is 20.3 Å². The van der Waals surface area contributed by atoms with Gasteiger partial charge in [-0.15, -0.1) is 0 Å². The lowest BCUT2D eigenvalue weighted by atomic mass is 10.1. The first-order valence-electron chi connectivity index (χ1n) is 4.41. The summed E-state index contributed by atoms with van der Waals surface area (Å²) in [5, 5.41) is 9.77. The maximum Gasteiger partial charge on any atom is 0.145 e. The summed E-state index contributed by atoms with van der Waals surface area (Å²) in [6.45, 7) is 1.77.